The molecule has 64 heavy (non-hydrogen) atoms. The third-order valence-corrected chi connectivity index (χ3v) is 13.3. The number of para-hydroxylation sites is 1. The molecule has 0 radical (unpaired) electrons. The zero-order valence-electron chi connectivity index (χ0n) is 34.8. The van der Waals surface area contributed by atoms with Crippen LogP contribution in [0.15, 0.2) is 237 Å². The summed E-state index contributed by atoms with van der Waals surface area (Å²) in [6.45, 7) is 0. The smallest absolute Gasteiger partial charge is 0.178 e. The molecular formula is C61H39NO2. The van der Waals surface area contributed by atoms with Crippen molar-refractivity contribution in [2.24, 2.45) is 0 Å². The molecule has 0 unspecified atom stereocenters. The predicted molar refractivity (Wildman–Crippen MR) is 260 cm³/mol. The van der Waals surface area contributed by atoms with Crippen LogP contribution in [0.5, 0.6) is 23.0 Å². The van der Waals surface area contributed by atoms with Crippen LogP contribution in [0, 0.1) is 0 Å². The molecule has 3 nitrogen and oxygen atoms in total. The van der Waals surface area contributed by atoms with E-state index in [4.69, 9.17) is 9.47 Å². The molecule has 1 aliphatic heterocycles. The van der Waals surface area contributed by atoms with Gasteiger partial charge in [0.2, 0.25) is 0 Å². The summed E-state index contributed by atoms with van der Waals surface area (Å²) in [5.41, 5.74) is 19.3. The Balaban J connectivity index is 0.967. The SMILES string of the molecule is c1ccc(-c2cccc(-c3cccc(N(c4ccc5c(c4)Oc4c(ccc6c4-c4ccccc4C64c6ccccc6-c6ccccc64)O5)c4ccccc4-c4ccccc4)c3)c2)cc1. The number of hydrogen-bond donors (Lipinski definition) is 0. The first-order valence-electron chi connectivity index (χ1n) is 21.9. The maximum atomic E-state index is 7.23. The number of nitrogens with zero attached hydrogens (tertiary/aromatic N) is 1. The van der Waals surface area contributed by atoms with Gasteiger partial charge >= 0.3 is 0 Å². The average Bonchev–Trinajstić information content (AvgIpc) is 3.84. The van der Waals surface area contributed by atoms with Gasteiger partial charge < -0.3 is 14.4 Å². The van der Waals surface area contributed by atoms with Crippen LogP contribution in [0.2, 0.25) is 0 Å². The van der Waals surface area contributed by atoms with E-state index in [9.17, 15) is 0 Å². The second-order valence-corrected chi connectivity index (χ2v) is 16.8. The normalized spacial score (nSPS) is 13.1. The lowest BCUT2D eigenvalue weighted by Crippen LogP contribution is -2.25. The summed E-state index contributed by atoms with van der Waals surface area (Å²) in [6.07, 6.45) is 0. The molecule has 3 heteroatoms. The minimum atomic E-state index is -0.483. The van der Waals surface area contributed by atoms with Crippen molar-refractivity contribution in [3.63, 3.8) is 0 Å². The molecule has 0 saturated heterocycles. The van der Waals surface area contributed by atoms with E-state index in [2.05, 4.69) is 235 Å². The van der Waals surface area contributed by atoms with Crippen LogP contribution >= 0.6 is 0 Å². The minimum absolute atomic E-state index is 0.483. The van der Waals surface area contributed by atoms with Crippen LogP contribution in [-0.4, -0.2) is 0 Å². The molecule has 0 fully saturated rings. The molecule has 1 spiro atoms. The summed E-state index contributed by atoms with van der Waals surface area (Å²) in [7, 11) is 0. The highest BCUT2D eigenvalue weighted by atomic mass is 16.6. The maximum Gasteiger partial charge on any atom is 0.178 e. The maximum absolute atomic E-state index is 7.23. The Morgan fingerprint density at radius 3 is 1.53 bits per heavy atom. The predicted octanol–water partition coefficient (Wildman–Crippen LogP) is 16.4. The van der Waals surface area contributed by atoms with E-state index in [-0.39, 0.29) is 0 Å². The van der Waals surface area contributed by atoms with Crippen LogP contribution in [0.3, 0.4) is 0 Å². The Morgan fingerprint density at radius 2 is 0.812 bits per heavy atom. The number of ether oxygens (including phenoxy) is 2. The summed E-state index contributed by atoms with van der Waals surface area (Å²) < 4.78 is 14.1. The fourth-order valence-corrected chi connectivity index (χ4v) is 10.6. The van der Waals surface area contributed by atoms with Gasteiger partial charge in [0.05, 0.1) is 16.8 Å². The summed E-state index contributed by atoms with van der Waals surface area (Å²) in [4.78, 5) is 2.35. The number of fused-ring (bicyclic) bond motifs is 13. The number of hydrogen-bond acceptors (Lipinski definition) is 3. The van der Waals surface area contributed by atoms with Gasteiger partial charge in [-0.25, -0.2) is 0 Å². The van der Waals surface area contributed by atoms with E-state index in [0.29, 0.717) is 17.2 Å². The van der Waals surface area contributed by atoms with Crippen LogP contribution < -0.4 is 14.4 Å². The molecular weight excluding hydrogens is 779 g/mol. The second kappa shape index (κ2) is 14.3. The van der Waals surface area contributed by atoms with Crippen LogP contribution in [-0.2, 0) is 5.41 Å². The van der Waals surface area contributed by atoms with Crippen molar-refractivity contribution in [1.82, 2.24) is 0 Å². The van der Waals surface area contributed by atoms with Gasteiger partial charge in [-0.3, -0.25) is 0 Å². The van der Waals surface area contributed by atoms with Gasteiger partial charge in [-0.15, -0.1) is 0 Å². The summed E-state index contributed by atoms with van der Waals surface area (Å²) in [5.74, 6) is 2.79. The Hall–Kier alpha value is -8.40. The van der Waals surface area contributed by atoms with Gasteiger partial charge in [-0.1, -0.05) is 188 Å². The standard InChI is InChI=1S/C61H39NO2/c1-3-17-40(18-4-1)42-21-15-22-43(37-42)44-23-16-24-45(38-44)62(55-32-14-10-25-47(55)41-19-5-2-6-20-41)46-33-35-56-58(39-46)64-60-57(63-56)36-34-54-59(60)50-28-9-13-31-53(50)61(54)51-29-11-7-26-48(51)49-27-8-12-30-52(49)61/h1-39H. The lowest BCUT2D eigenvalue weighted by molar-refractivity contribution is 0.360. The third-order valence-electron chi connectivity index (χ3n) is 13.3. The first-order valence-corrected chi connectivity index (χ1v) is 21.9. The highest BCUT2D eigenvalue weighted by molar-refractivity contribution is 5.98. The molecule has 2 aliphatic carbocycles. The fraction of sp³-hybridized carbons (Fsp3) is 0.0164. The van der Waals surface area contributed by atoms with Gasteiger partial charge in [0.1, 0.15) is 0 Å². The molecule has 0 aromatic heterocycles. The monoisotopic (exact) mass is 817 g/mol. The van der Waals surface area contributed by atoms with Crippen molar-refractivity contribution in [3.8, 4) is 78.6 Å². The number of rotatable bonds is 6. The quantitative estimate of drug-likeness (QED) is 0.167. The fourth-order valence-electron chi connectivity index (χ4n) is 10.6. The summed E-state index contributed by atoms with van der Waals surface area (Å²) >= 11 is 0. The van der Waals surface area contributed by atoms with Crippen molar-refractivity contribution < 1.29 is 9.47 Å². The van der Waals surface area contributed by atoms with Crippen LogP contribution in [0.1, 0.15) is 22.3 Å². The summed E-state index contributed by atoms with van der Waals surface area (Å²) in [6, 6.07) is 84.7. The average molecular weight is 818 g/mol. The van der Waals surface area contributed by atoms with Crippen molar-refractivity contribution >= 4 is 17.1 Å². The topological polar surface area (TPSA) is 21.7 Å². The third kappa shape index (κ3) is 5.41. The highest BCUT2D eigenvalue weighted by Gasteiger charge is 2.53. The molecule has 3 aliphatic rings. The summed E-state index contributed by atoms with van der Waals surface area (Å²) in [5, 5.41) is 0. The largest absolute Gasteiger partial charge is 0.449 e. The van der Waals surface area contributed by atoms with Crippen molar-refractivity contribution in [3.05, 3.63) is 259 Å². The first kappa shape index (κ1) is 36.3. The molecule has 13 rings (SSSR count). The molecule has 1 heterocycles. The molecule has 10 aromatic rings. The second-order valence-electron chi connectivity index (χ2n) is 16.8. The van der Waals surface area contributed by atoms with Crippen molar-refractivity contribution in [1.29, 1.82) is 0 Å². The molecule has 0 saturated carbocycles. The first-order chi connectivity index (χ1) is 31.7. The highest BCUT2D eigenvalue weighted by Crippen LogP contribution is 2.66. The molecule has 0 amide bonds. The van der Waals surface area contributed by atoms with Gasteiger partial charge in [0.25, 0.3) is 0 Å². The lowest BCUT2D eigenvalue weighted by Gasteiger charge is -2.31. The molecule has 0 atom stereocenters. The lowest BCUT2D eigenvalue weighted by atomic mass is 9.70. The number of benzene rings is 10. The van der Waals surface area contributed by atoms with Crippen LogP contribution in [0.4, 0.5) is 17.1 Å². The molecule has 0 N–H and O–H groups in total. The zero-order chi connectivity index (χ0) is 42.2. The zero-order valence-corrected chi connectivity index (χ0v) is 34.8. The van der Waals surface area contributed by atoms with E-state index in [1.807, 2.05) is 6.07 Å². The van der Waals surface area contributed by atoms with E-state index in [1.54, 1.807) is 0 Å². The Kier molecular flexibility index (Phi) is 8.13. The number of anilines is 3. The van der Waals surface area contributed by atoms with E-state index < -0.39 is 5.41 Å². The Morgan fingerprint density at radius 1 is 0.297 bits per heavy atom. The van der Waals surface area contributed by atoms with Crippen molar-refractivity contribution in [2.75, 3.05) is 4.90 Å². The van der Waals surface area contributed by atoms with Crippen LogP contribution in [0.25, 0.3) is 55.6 Å². The molecule has 300 valence electrons. The van der Waals surface area contributed by atoms with Gasteiger partial charge in [-0.2, -0.15) is 0 Å². The van der Waals surface area contributed by atoms with Gasteiger partial charge in [0, 0.05) is 22.9 Å². The van der Waals surface area contributed by atoms with Gasteiger partial charge in [0.15, 0.2) is 23.0 Å². The van der Waals surface area contributed by atoms with E-state index in [1.165, 1.54) is 44.5 Å². The Bertz CT molecular complexity index is 3420. The van der Waals surface area contributed by atoms with E-state index in [0.717, 1.165) is 56.2 Å². The van der Waals surface area contributed by atoms with Gasteiger partial charge in [-0.05, 0) is 109 Å². The van der Waals surface area contributed by atoms with Crippen molar-refractivity contribution in [2.45, 2.75) is 5.41 Å². The minimum Gasteiger partial charge on any atom is -0.449 e. The molecule has 10 aromatic carbocycles. The van der Waals surface area contributed by atoms with E-state index >= 15 is 0 Å². The molecule has 0 bridgehead atoms. The Labute approximate surface area is 372 Å².